The van der Waals surface area contributed by atoms with Crippen molar-refractivity contribution in [3.05, 3.63) is 58.8 Å². The van der Waals surface area contributed by atoms with Crippen LogP contribution in [0.4, 0.5) is 0 Å². The molecule has 0 amide bonds. The Morgan fingerprint density at radius 1 is 1.24 bits per heavy atom. The molecule has 29 heavy (non-hydrogen) atoms. The van der Waals surface area contributed by atoms with Crippen molar-refractivity contribution in [2.45, 2.75) is 18.1 Å². The van der Waals surface area contributed by atoms with Crippen molar-refractivity contribution in [2.24, 2.45) is 0 Å². The first-order valence-electron chi connectivity index (χ1n) is 9.11. The van der Waals surface area contributed by atoms with Crippen LogP contribution in [0.3, 0.4) is 0 Å². The number of rotatable bonds is 5. The van der Waals surface area contributed by atoms with Crippen LogP contribution >= 0.6 is 11.8 Å². The number of hydrogen-bond acceptors (Lipinski definition) is 6. The Labute approximate surface area is 169 Å². The van der Waals surface area contributed by atoms with Gasteiger partial charge in [0.05, 0.1) is 18.0 Å². The molecule has 0 saturated carbocycles. The maximum absolute atomic E-state index is 13.0. The molecule has 1 N–H and O–H groups in total. The molecule has 0 saturated heterocycles. The van der Waals surface area contributed by atoms with Gasteiger partial charge in [-0.05, 0) is 42.5 Å². The Hall–Kier alpha value is -3.33. The van der Waals surface area contributed by atoms with E-state index in [0.29, 0.717) is 34.8 Å². The van der Waals surface area contributed by atoms with E-state index >= 15 is 0 Å². The SMILES string of the molecule is COc1ccc2[nH]cc(CCn3ccc4c(cnc5nc(SC)nn54)c3=O)c2c1. The molecule has 0 atom stereocenters. The van der Waals surface area contributed by atoms with E-state index in [2.05, 4.69) is 20.1 Å². The molecule has 0 radical (unpaired) electrons. The molecule has 0 unspecified atom stereocenters. The fourth-order valence-electron chi connectivity index (χ4n) is 3.54. The first kappa shape index (κ1) is 17.7. The van der Waals surface area contributed by atoms with Gasteiger partial charge in [-0.25, -0.2) is 4.98 Å². The monoisotopic (exact) mass is 406 g/mol. The van der Waals surface area contributed by atoms with Gasteiger partial charge < -0.3 is 14.3 Å². The van der Waals surface area contributed by atoms with Gasteiger partial charge in [-0.3, -0.25) is 4.79 Å². The van der Waals surface area contributed by atoms with Crippen LogP contribution < -0.4 is 10.3 Å². The van der Waals surface area contributed by atoms with E-state index in [9.17, 15) is 4.79 Å². The smallest absolute Gasteiger partial charge is 0.261 e. The highest BCUT2D eigenvalue weighted by atomic mass is 32.2. The molecule has 5 aromatic rings. The van der Waals surface area contributed by atoms with Crippen LogP contribution in [0.2, 0.25) is 0 Å². The lowest BCUT2D eigenvalue weighted by Gasteiger charge is -2.08. The zero-order chi connectivity index (χ0) is 20.0. The van der Waals surface area contributed by atoms with E-state index in [4.69, 9.17) is 4.74 Å². The number of pyridine rings is 1. The summed E-state index contributed by atoms with van der Waals surface area (Å²) in [5.74, 6) is 1.31. The van der Waals surface area contributed by atoms with E-state index in [-0.39, 0.29) is 5.56 Å². The summed E-state index contributed by atoms with van der Waals surface area (Å²) in [6, 6.07) is 7.83. The van der Waals surface area contributed by atoms with Crippen LogP contribution in [0.15, 0.2) is 52.8 Å². The molecule has 0 aliphatic carbocycles. The maximum atomic E-state index is 13.0. The fraction of sp³-hybridized carbons (Fsp3) is 0.200. The second kappa shape index (κ2) is 6.93. The van der Waals surface area contributed by atoms with Gasteiger partial charge in [-0.2, -0.15) is 9.50 Å². The minimum absolute atomic E-state index is 0.0875. The zero-order valence-electron chi connectivity index (χ0n) is 15.9. The number of aromatic nitrogens is 6. The van der Waals surface area contributed by atoms with Gasteiger partial charge in [0, 0.05) is 36.0 Å². The van der Waals surface area contributed by atoms with Gasteiger partial charge >= 0.3 is 0 Å². The first-order valence-corrected chi connectivity index (χ1v) is 10.3. The van der Waals surface area contributed by atoms with Gasteiger partial charge in [0.25, 0.3) is 11.3 Å². The van der Waals surface area contributed by atoms with Gasteiger partial charge in [-0.1, -0.05) is 11.8 Å². The summed E-state index contributed by atoms with van der Waals surface area (Å²) in [5.41, 5.74) is 2.81. The van der Waals surface area contributed by atoms with Gasteiger partial charge in [0.15, 0.2) is 0 Å². The van der Waals surface area contributed by atoms with Crippen LogP contribution in [-0.4, -0.2) is 42.5 Å². The van der Waals surface area contributed by atoms with Crippen molar-refractivity contribution < 1.29 is 4.74 Å². The van der Waals surface area contributed by atoms with Crippen molar-refractivity contribution >= 4 is 39.3 Å². The third-order valence-corrected chi connectivity index (χ3v) is 5.60. The molecule has 5 rings (SSSR count). The molecule has 1 aromatic carbocycles. The summed E-state index contributed by atoms with van der Waals surface area (Å²) in [7, 11) is 1.66. The van der Waals surface area contributed by atoms with Crippen molar-refractivity contribution in [1.29, 1.82) is 0 Å². The molecular weight excluding hydrogens is 388 g/mol. The topological polar surface area (TPSA) is 90.1 Å². The number of aromatic amines is 1. The lowest BCUT2D eigenvalue weighted by atomic mass is 10.1. The summed E-state index contributed by atoms with van der Waals surface area (Å²) in [5, 5.41) is 6.67. The number of thioether (sulfide) groups is 1. The lowest BCUT2D eigenvalue weighted by molar-refractivity contribution is 0.415. The van der Waals surface area contributed by atoms with Gasteiger partial charge in [-0.15, -0.1) is 5.10 Å². The van der Waals surface area contributed by atoms with E-state index < -0.39 is 0 Å². The summed E-state index contributed by atoms with van der Waals surface area (Å²) in [4.78, 5) is 24.9. The normalized spacial score (nSPS) is 11.7. The van der Waals surface area contributed by atoms with Crippen molar-refractivity contribution in [2.75, 3.05) is 13.4 Å². The van der Waals surface area contributed by atoms with Crippen LogP contribution in [0, 0.1) is 0 Å². The third-order valence-electron chi connectivity index (χ3n) is 5.07. The number of aryl methyl sites for hydroxylation is 2. The number of ether oxygens (including phenoxy) is 1. The minimum Gasteiger partial charge on any atom is -0.497 e. The maximum Gasteiger partial charge on any atom is 0.261 e. The van der Waals surface area contributed by atoms with E-state index in [0.717, 1.165) is 22.2 Å². The van der Waals surface area contributed by atoms with E-state index in [1.54, 1.807) is 28.6 Å². The number of nitrogens with zero attached hydrogens (tertiary/aromatic N) is 5. The molecule has 0 aliphatic heterocycles. The molecule has 4 heterocycles. The zero-order valence-corrected chi connectivity index (χ0v) is 16.7. The van der Waals surface area contributed by atoms with Crippen LogP contribution in [0.1, 0.15) is 5.56 Å². The van der Waals surface area contributed by atoms with Crippen molar-refractivity contribution in [3.63, 3.8) is 0 Å². The first-order chi connectivity index (χ1) is 14.2. The molecule has 9 heteroatoms. The Bertz CT molecular complexity index is 1420. The highest BCUT2D eigenvalue weighted by molar-refractivity contribution is 7.98. The standard InChI is InChI=1S/C20H18N6O2S/c1-28-13-3-4-16-14(9-13)12(10-21-16)5-7-25-8-6-17-15(18(25)27)11-22-19-23-20(29-2)24-26(17)19/h3-4,6,8-11,21H,5,7H2,1-2H3. The van der Waals surface area contributed by atoms with Crippen molar-refractivity contribution in [1.82, 2.24) is 29.1 Å². The van der Waals surface area contributed by atoms with Crippen LogP contribution in [-0.2, 0) is 13.0 Å². The molecule has 0 bridgehead atoms. The summed E-state index contributed by atoms with van der Waals surface area (Å²) < 4.78 is 8.66. The summed E-state index contributed by atoms with van der Waals surface area (Å²) >= 11 is 1.44. The Balaban J connectivity index is 1.50. The highest BCUT2D eigenvalue weighted by Crippen LogP contribution is 2.24. The second-order valence-corrected chi connectivity index (χ2v) is 7.43. The van der Waals surface area contributed by atoms with E-state index in [1.165, 1.54) is 11.8 Å². The number of methoxy groups -OCH3 is 1. The van der Waals surface area contributed by atoms with Crippen LogP contribution in [0.5, 0.6) is 5.75 Å². The Morgan fingerprint density at radius 2 is 2.14 bits per heavy atom. The van der Waals surface area contributed by atoms with Gasteiger partial charge in [0.1, 0.15) is 5.75 Å². The quantitative estimate of drug-likeness (QED) is 0.452. The Morgan fingerprint density at radius 3 is 2.97 bits per heavy atom. The summed E-state index contributed by atoms with van der Waals surface area (Å²) in [6.45, 7) is 0.560. The number of H-pyrrole nitrogens is 1. The number of benzene rings is 1. The predicted octanol–water partition coefficient (Wildman–Crippen LogP) is 2.89. The van der Waals surface area contributed by atoms with E-state index in [1.807, 2.05) is 36.7 Å². The number of hydrogen-bond donors (Lipinski definition) is 1. The molecule has 4 aromatic heterocycles. The van der Waals surface area contributed by atoms with Crippen LogP contribution in [0.25, 0.3) is 27.6 Å². The molecule has 0 aliphatic rings. The number of fused-ring (bicyclic) bond motifs is 4. The minimum atomic E-state index is -0.0875. The third kappa shape index (κ3) is 2.94. The largest absolute Gasteiger partial charge is 0.497 e. The molecule has 0 spiro atoms. The molecular formula is C20H18N6O2S. The van der Waals surface area contributed by atoms with Gasteiger partial charge in [0.2, 0.25) is 5.16 Å². The molecule has 0 fully saturated rings. The molecule has 8 nitrogen and oxygen atoms in total. The van der Waals surface area contributed by atoms with Crippen molar-refractivity contribution in [3.8, 4) is 5.75 Å². The highest BCUT2D eigenvalue weighted by Gasteiger charge is 2.12. The fourth-order valence-corrected chi connectivity index (χ4v) is 3.87. The second-order valence-electron chi connectivity index (χ2n) is 6.66. The molecule has 146 valence electrons. The average Bonchev–Trinajstić information content (AvgIpc) is 3.36. The predicted molar refractivity (Wildman–Crippen MR) is 113 cm³/mol. The average molecular weight is 406 g/mol. The summed E-state index contributed by atoms with van der Waals surface area (Å²) in [6.07, 6.45) is 8.00. The number of nitrogens with one attached hydrogen (secondary N) is 1. The lowest BCUT2D eigenvalue weighted by Crippen LogP contribution is -2.21. The Kier molecular flexibility index (Phi) is 4.24.